The number of H-pyrrole nitrogens is 1. The quantitative estimate of drug-likeness (QED) is 0.827. The topological polar surface area (TPSA) is 58.0 Å². The van der Waals surface area contributed by atoms with Gasteiger partial charge in [0.2, 0.25) is 0 Å². The van der Waals surface area contributed by atoms with Gasteiger partial charge in [-0.15, -0.1) is 0 Å². The van der Waals surface area contributed by atoms with Gasteiger partial charge in [-0.25, -0.2) is 0 Å². The largest absolute Gasteiger partial charge is 0.383 e. The zero-order valence-corrected chi connectivity index (χ0v) is 17.6. The summed E-state index contributed by atoms with van der Waals surface area (Å²) in [5.41, 5.74) is 4.30. The molecule has 148 valence electrons. The maximum atomic E-state index is 11.4. The molecule has 2 N–H and O–H groups in total. The van der Waals surface area contributed by atoms with Crippen LogP contribution >= 0.6 is 0 Å². The van der Waals surface area contributed by atoms with Gasteiger partial charge in [0.15, 0.2) is 0 Å². The van der Waals surface area contributed by atoms with E-state index in [4.69, 9.17) is 4.52 Å². The second-order valence-electron chi connectivity index (χ2n) is 10.1. The van der Waals surface area contributed by atoms with Crippen LogP contribution in [0, 0.1) is 0 Å². The molecule has 1 aromatic carbocycles. The molecule has 1 aromatic heterocycles. The summed E-state index contributed by atoms with van der Waals surface area (Å²) < 4.78 is 5.36. The first-order valence-corrected chi connectivity index (χ1v) is 10.1. The molecule has 2 heterocycles. The van der Waals surface area contributed by atoms with Crippen molar-refractivity contribution >= 4 is 0 Å². The van der Waals surface area contributed by atoms with Crippen molar-refractivity contribution < 1.29 is 4.52 Å². The third-order valence-corrected chi connectivity index (χ3v) is 5.65. The number of hydrogen-bond acceptors (Lipinski definition) is 3. The average Bonchev–Trinajstić information content (AvgIpc) is 3.00. The van der Waals surface area contributed by atoms with E-state index in [0.29, 0.717) is 12.0 Å². The maximum absolute atomic E-state index is 11.4. The Morgan fingerprint density at radius 1 is 1.00 bits per heavy atom. The van der Waals surface area contributed by atoms with Gasteiger partial charge in [0.1, 0.15) is 5.76 Å². The Labute approximate surface area is 162 Å². The lowest BCUT2D eigenvalue weighted by atomic mass is 9.78. The summed E-state index contributed by atoms with van der Waals surface area (Å²) in [6.45, 7) is 14.6. The Kier molecular flexibility index (Phi) is 5.40. The Balaban J connectivity index is 1.82. The average molecular weight is 371 g/mol. The monoisotopic (exact) mass is 370 g/mol. The van der Waals surface area contributed by atoms with Crippen LogP contribution in [0.15, 0.2) is 33.6 Å². The molecule has 1 aliphatic rings. The van der Waals surface area contributed by atoms with Crippen molar-refractivity contribution in [2.75, 3.05) is 6.54 Å². The summed E-state index contributed by atoms with van der Waals surface area (Å²) in [6, 6.07) is 9.11. The second-order valence-corrected chi connectivity index (χ2v) is 10.1. The van der Waals surface area contributed by atoms with Gasteiger partial charge in [0.25, 0.3) is 5.56 Å². The lowest BCUT2D eigenvalue weighted by molar-refractivity contribution is 0.292. The van der Waals surface area contributed by atoms with Crippen LogP contribution in [0.5, 0.6) is 0 Å². The molecular weight excluding hydrogens is 336 g/mol. The molecule has 4 nitrogen and oxygen atoms in total. The fraction of sp³-hybridized carbons (Fsp3) is 0.609. The normalized spacial score (nSPS) is 21.4. The highest BCUT2D eigenvalue weighted by Crippen LogP contribution is 2.32. The van der Waals surface area contributed by atoms with E-state index in [-0.39, 0.29) is 16.4 Å². The summed E-state index contributed by atoms with van der Waals surface area (Å²) in [6.07, 6.45) is 3.00. The van der Waals surface area contributed by atoms with Gasteiger partial charge in [-0.05, 0) is 53.3 Å². The molecule has 0 bridgehead atoms. The van der Waals surface area contributed by atoms with E-state index in [2.05, 4.69) is 70.2 Å². The van der Waals surface area contributed by atoms with E-state index < -0.39 is 0 Å². The Morgan fingerprint density at radius 3 is 2.15 bits per heavy atom. The second kappa shape index (κ2) is 7.31. The highest BCUT2D eigenvalue weighted by atomic mass is 16.5. The Bertz CT molecular complexity index is 801. The van der Waals surface area contributed by atoms with Gasteiger partial charge in [-0.2, -0.15) is 5.16 Å². The van der Waals surface area contributed by atoms with Gasteiger partial charge in [0, 0.05) is 18.0 Å². The van der Waals surface area contributed by atoms with E-state index in [1.807, 2.05) is 0 Å². The minimum atomic E-state index is -0.146. The van der Waals surface area contributed by atoms with Crippen LogP contribution in [0.4, 0.5) is 0 Å². The Morgan fingerprint density at radius 2 is 1.63 bits per heavy atom. The molecule has 2 aromatic rings. The van der Waals surface area contributed by atoms with Gasteiger partial charge in [0.05, 0.1) is 0 Å². The molecule has 4 heteroatoms. The smallest absolute Gasteiger partial charge is 0.280 e. The predicted molar refractivity (Wildman–Crippen MR) is 111 cm³/mol. The Hall–Kier alpha value is -1.81. The third-order valence-electron chi connectivity index (χ3n) is 5.65. The first-order valence-electron chi connectivity index (χ1n) is 10.1. The van der Waals surface area contributed by atoms with E-state index in [9.17, 15) is 4.79 Å². The van der Waals surface area contributed by atoms with E-state index in [0.717, 1.165) is 31.6 Å². The van der Waals surface area contributed by atoms with Crippen LogP contribution in [0.2, 0.25) is 0 Å². The van der Waals surface area contributed by atoms with Crippen molar-refractivity contribution in [2.45, 2.75) is 83.6 Å². The molecule has 0 aliphatic carbocycles. The summed E-state index contributed by atoms with van der Waals surface area (Å²) in [5, 5.41) is 6.09. The zero-order chi connectivity index (χ0) is 19.8. The third kappa shape index (κ3) is 4.92. The van der Waals surface area contributed by atoms with Crippen molar-refractivity contribution in [2.24, 2.45) is 0 Å². The molecule has 1 aliphatic heterocycles. The van der Waals surface area contributed by atoms with Gasteiger partial charge >= 0.3 is 0 Å². The molecule has 1 fully saturated rings. The molecule has 0 radical (unpaired) electrons. The van der Waals surface area contributed by atoms with Crippen LogP contribution in [-0.4, -0.2) is 17.7 Å². The molecule has 2 atom stereocenters. The van der Waals surface area contributed by atoms with Crippen molar-refractivity contribution in [1.82, 2.24) is 10.5 Å². The fourth-order valence-electron chi connectivity index (χ4n) is 3.88. The van der Waals surface area contributed by atoms with Crippen molar-refractivity contribution in [3.8, 4) is 0 Å². The van der Waals surface area contributed by atoms with Crippen LogP contribution in [0.3, 0.4) is 0 Å². The van der Waals surface area contributed by atoms with Crippen molar-refractivity contribution in [3.05, 3.63) is 57.1 Å². The molecule has 3 rings (SSSR count). The van der Waals surface area contributed by atoms with Crippen LogP contribution < -0.4 is 10.9 Å². The number of nitrogens with one attached hydrogen (secondary N) is 2. The van der Waals surface area contributed by atoms with Gasteiger partial charge in [-0.1, -0.05) is 59.7 Å². The van der Waals surface area contributed by atoms with Crippen LogP contribution in [0.1, 0.15) is 82.8 Å². The van der Waals surface area contributed by atoms with E-state index in [1.54, 1.807) is 6.07 Å². The van der Waals surface area contributed by atoms with Crippen molar-refractivity contribution in [1.29, 1.82) is 0 Å². The molecule has 0 unspecified atom stereocenters. The SMILES string of the molecule is CC(C)(C)c1cc(C[C@@H]2C[C@@H](c3cc(=O)[nH]o3)CCN2)cc(C(C)(C)C)c1. The number of aromatic amines is 1. The molecule has 0 amide bonds. The van der Waals surface area contributed by atoms with Crippen molar-refractivity contribution in [3.63, 3.8) is 0 Å². The highest BCUT2D eigenvalue weighted by Gasteiger charge is 2.27. The fourth-order valence-corrected chi connectivity index (χ4v) is 3.88. The minimum Gasteiger partial charge on any atom is -0.383 e. The molecular formula is C23H34N2O2. The molecule has 27 heavy (non-hydrogen) atoms. The first-order chi connectivity index (χ1) is 12.5. The molecule has 0 spiro atoms. The van der Waals surface area contributed by atoms with Crippen LogP contribution in [-0.2, 0) is 17.3 Å². The standard InChI is InChI=1S/C23H34N2O2/c1-22(2,3)17-9-15(10-18(13-17)23(4,5)6)11-19-12-16(7-8-24-19)20-14-21(26)25-27-20/h9-10,13-14,16,19,24H,7-8,11-12H2,1-6H3,(H,25,26)/t16-,19+/m0/s1. The van der Waals surface area contributed by atoms with Gasteiger partial charge in [-0.3, -0.25) is 4.79 Å². The number of hydrogen-bond donors (Lipinski definition) is 2. The van der Waals surface area contributed by atoms with E-state index in [1.165, 1.54) is 16.7 Å². The summed E-state index contributed by atoms with van der Waals surface area (Å²) in [5.74, 6) is 1.11. The number of benzene rings is 1. The number of rotatable bonds is 3. The lowest BCUT2D eigenvalue weighted by Crippen LogP contribution is -2.38. The lowest BCUT2D eigenvalue weighted by Gasteiger charge is -2.31. The first kappa shape index (κ1) is 19.9. The number of piperidine rings is 1. The summed E-state index contributed by atoms with van der Waals surface area (Å²) in [4.78, 5) is 11.4. The number of aromatic nitrogens is 1. The highest BCUT2D eigenvalue weighted by molar-refractivity contribution is 5.37. The summed E-state index contributed by atoms with van der Waals surface area (Å²) >= 11 is 0. The van der Waals surface area contributed by atoms with Crippen LogP contribution in [0.25, 0.3) is 0 Å². The molecule has 0 saturated carbocycles. The summed E-state index contributed by atoms with van der Waals surface area (Å²) in [7, 11) is 0. The zero-order valence-electron chi connectivity index (χ0n) is 17.6. The van der Waals surface area contributed by atoms with E-state index >= 15 is 0 Å². The predicted octanol–water partition coefficient (Wildman–Crippen LogP) is 4.64. The minimum absolute atomic E-state index is 0.132. The molecule has 1 saturated heterocycles. The maximum Gasteiger partial charge on any atom is 0.280 e. The van der Waals surface area contributed by atoms with Gasteiger partial charge < -0.3 is 9.84 Å².